The van der Waals surface area contributed by atoms with Gasteiger partial charge in [0.05, 0.1) is 0 Å². The molecule has 0 bridgehead atoms. The Kier molecular flexibility index (Phi) is 6.68. The van der Waals surface area contributed by atoms with Crippen molar-refractivity contribution in [2.24, 2.45) is 0 Å². The molecule has 1 aliphatic carbocycles. The largest absolute Gasteiger partial charge is 0.460 e. The molecule has 6 heteroatoms. The number of aromatic nitrogens is 1. The summed E-state index contributed by atoms with van der Waals surface area (Å²) in [5, 5.41) is 2.77. The van der Waals surface area contributed by atoms with Gasteiger partial charge in [0.1, 0.15) is 18.0 Å². The SMILES string of the molecule is Cc1ccc(CCC(=O)OC(C)(C)C)c(NC(=O)OCC2c3ccccc3-c3ccccc32)n1. The van der Waals surface area contributed by atoms with E-state index in [1.54, 1.807) is 0 Å². The average molecular weight is 459 g/mol. The van der Waals surface area contributed by atoms with E-state index in [9.17, 15) is 9.59 Å². The minimum atomic E-state index is -0.571. The molecule has 1 heterocycles. The van der Waals surface area contributed by atoms with Crippen LogP contribution in [0.25, 0.3) is 11.1 Å². The molecule has 3 aromatic rings. The number of carbonyl (C=O) groups excluding carboxylic acids is 2. The van der Waals surface area contributed by atoms with E-state index in [0.717, 1.165) is 22.4 Å². The third kappa shape index (κ3) is 5.45. The highest BCUT2D eigenvalue weighted by atomic mass is 16.6. The van der Waals surface area contributed by atoms with E-state index in [1.807, 2.05) is 64.1 Å². The van der Waals surface area contributed by atoms with E-state index >= 15 is 0 Å². The Morgan fingerprint density at radius 2 is 1.56 bits per heavy atom. The van der Waals surface area contributed by atoms with Crippen molar-refractivity contribution in [3.05, 3.63) is 83.0 Å². The highest BCUT2D eigenvalue weighted by Crippen LogP contribution is 2.44. The molecule has 6 nitrogen and oxygen atoms in total. The van der Waals surface area contributed by atoms with Gasteiger partial charge < -0.3 is 9.47 Å². The zero-order chi connectivity index (χ0) is 24.3. The van der Waals surface area contributed by atoms with Gasteiger partial charge in [0, 0.05) is 18.0 Å². The van der Waals surface area contributed by atoms with Crippen LogP contribution in [0.3, 0.4) is 0 Å². The molecule has 0 fully saturated rings. The monoisotopic (exact) mass is 458 g/mol. The van der Waals surface area contributed by atoms with Crippen LogP contribution in [0.5, 0.6) is 0 Å². The number of ether oxygens (including phenoxy) is 2. The molecule has 1 aliphatic rings. The first-order chi connectivity index (χ1) is 16.2. The summed E-state index contributed by atoms with van der Waals surface area (Å²) in [6.45, 7) is 7.58. The number of hydrogen-bond donors (Lipinski definition) is 1. The summed E-state index contributed by atoms with van der Waals surface area (Å²) in [7, 11) is 0. The number of pyridine rings is 1. The maximum absolute atomic E-state index is 12.7. The van der Waals surface area contributed by atoms with Crippen molar-refractivity contribution in [1.29, 1.82) is 0 Å². The van der Waals surface area contributed by atoms with Crippen LogP contribution in [-0.2, 0) is 20.7 Å². The normalized spacial score (nSPS) is 12.6. The van der Waals surface area contributed by atoms with Crippen molar-refractivity contribution in [2.75, 3.05) is 11.9 Å². The lowest BCUT2D eigenvalue weighted by molar-refractivity contribution is -0.154. The number of rotatable bonds is 6. The molecule has 0 saturated carbocycles. The number of benzene rings is 2. The van der Waals surface area contributed by atoms with Crippen LogP contribution in [0.4, 0.5) is 10.6 Å². The number of nitrogens with zero attached hydrogens (tertiary/aromatic N) is 1. The number of hydrogen-bond acceptors (Lipinski definition) is 5. The molecule has 0 atom stereocenters. The molecule has 176 valence electrons. The van der Waals surface area contributed by atoms with E-state index < -0.39 is 11.7 Å². The number of carbonyl (C=O) groups is 2. The molecule has 0 spiro atoms. The molecular weight excluding hydrogens is 428 g/mol. The van der Waals surface area contributed by atoms with E-state index in [4.69, 9.17) is 9.47 Å². The number of amides is 1. The van der Waals surface area contributed by atoms with Gasteiger partial charge in [0.2, 0.25) is 0 Å². The van der Waals surface area contributed by atoms with Gasteiger partial charge in [-0.15, -0.1) is 0 Å². The number of aryl methyl sites for hydroxylation is 2. The van der Waals surface area contributed by atoms with Crippen LogP contribution >= 0.6 is 0 Å². The molecule has 0 saturated heterocycles. The molecule has 0 radical (unpaired) electrons. The zero-order valence-corrected chi connectivity index (χ0v) is 20.1. The van der Waals surface area contributed by atoms with Crippen molar-refractivity contribution < 1.29 is 19.1 Å². The maximum atomic E-state index is 12.7. The summed E-state index contributed by atoms with van der Waals surface area (Å²) in [5.41, 5.74) is 5.64. The highest BCUT2D eigenvalue weighted by Gasteiger charge is 2.29. The second kappa shape index (κ2) is 9.67. The Bertz CT molecular complexity index is 1170. The van der Waals surface area contributed by atoms with Crippen LogP contribution in [0.15, 0.2) is 60.7 Å². The summed E-state index contributed by atoms with van der Waals surface area (Å²) in [5.74, 6) is 0.0937. The molecule has 1 N–H and O–H groups in total. The van der Waals surface area contributed by atoms with Gasteiger partial charge >= 0.3 is 12.1 Å². The van der Waals surface area contributed by atoms with E-state index in [-0.39, 0.29) is 24.9 Å². The first kappa shape index (κ1) is 23.5. The Balaban J connectivity index is 1.42. The summed E-state index contributed by atoms with van der Waals surface area (Å²) >= 11 is 0. The van der Waals surface area contributed by atoms with E-state index in [1.165, 1.54) is 11.1 Å². The summed E-state index contributed by atoms with van der Waals surface area (Å²) in [6.07, 6.45) is 0.0289. The fourth-order valence-electron chi connectivity index (χ4n) is 4.26. The average Bonchev–Trinajstić information content (AvgIpc) is 3.10. The van der Waals surface area contributed by atoms with Crippen LogP contribution < -0.4 is 5.32 Å². The van der Waals surface area contributed by atoms with Gasteiger partial charge in [-0.2, -0.15) is 0 Å². The Morgan fingerprint density at radius 3 is 2.18 bits per heavy atom. The molecule has 0 unspecified atom stereocenters. The maximum Gasteiger partial charge on any atom is 0.412 e. The van der Waals surface area contributed by atoms with Gasteiger partial charge in [-0.25, -0.2) is 9.78 Å². The Hall–Kier alpha value is -3.67. The minimum absolute atomic E-state index is 0.0183. The van der Waals surface area contributed by atoms with Crippen LogP contribution in [0.2, 0.25) is 0 Å². The van der Waals surface area contributed by atoms with Gasteiger partial charge in [0.15, 0.2) is 0 Å². The molecule has 1 aromatic heterocycles. The van der Waals surface area contributed by atoms with Crippen molar-refractivity contribution in [1.82, 2.24) is 4.98 Å². The fraction of sp³-hybridized carbons (Fsp3) is 0.321. The fourth-order valence-corrected chi connectivity index (χ4v) is 4.26. The van der Waals surface area contributed by atoms with Gasteiger partial charge in [0.25, 0.3) is 0 Å². The van der Waals surface area contributed by atoms with Crippen molar-refractivity contribution >= 4 is 17.9 Å². The predicted molar refractivity (Wildman–Crippen MR) is 132 cm³/mol. The van der Waals surface area contributed by atoms with Crippen molar-refractivity contribution in [3.63, 3.8) is 0 Å². The van der Waals surface area contributed by atoms with Gasteiger partial charge in [-0.3, -0.25) is 10.1 Å². The van der Waals surface area contributed by atoms with Crippen molar-refractivity contribution in [2.45, 2.75) is 52.1 Å². The molecule has 2 aromatic carbocycles. The number of nitrogens with one attached hydrogen (secondary N) is 1. The molecule has 1 amide bonds. The molecule has 4 rings (SSSR count). The zero-order valence-electron chi connectivity index (χ0n) is 20.1. The Morgan fingerprint density at radius 1 is 0.941 bits per heavy atom. The van der Waals surface area contributed by atoms with Crippen LogP contribution in [0, 0.1) is 6.92 Å². The van der Waals surface area contributed by atoms with Crippen LogP contribution in [0.1, 0.15) is 55.5 Å². The second-order valence-corrected chi connectivity index (χ2v) is 9.50. The Labute approximate surface area is 200 Å². The quantitative estimate of drug-likeness (QED) is 0.457. The standard InChI is InChI=1S/C28H30N2O4/c1-18-13-14-19(15-16-25(31)34-28(2,3)4)26(29-18)30-27(32)33-17-24-22-11-7-5-9-20(22)21-10-6-8-12-23(21)24/h5-14,24H,15-17H2,1-4H3,(H,29,30,32). The third-order valence-corrected chi connectivity index (χ3v) is 5.70. The lowest BCUT2D eigenvalue weighted by Gasteiger charge is -2.19. The van der Waals surface area contributed by atoms with Crippen LogP contribution in [-0.4, -0.2) is 29.3 Å². The van der Waals surface area contributed by atoms with Gasteiger partial charge in [-0.05, 0) is 68.0 Å². The highest BCUT2D eigenvalue weighted by molar-refractivity contribution is 5.85. The lowest BCUT2D eigenvalue weighted by Crippen LogP contribution is -2.24. The minimum Gasteiger partial charge on any atom is -0.460 e. The number of esters is 1. The number of anilines is 1. The first-order valence-electron chi connectivity index (χ1n) is 11.5. The summed E-state index contributed by atoms with van der Waals surface area (Å²) in [6, 6.07) is 20.1. The third-order valence-electron chi connectivity index (χ3n) is 5.70. The second-order valence-electron chi connectivity index (χ2n) is 9.50. The lowest BCUT2D eigenvalue weighted by atomic mass is 9.98. The van der Waals surface area contributed by atoms with Crippen molar-refractivity contribution in [3.8, 4) is 11.1 Å². The smallest absolute Gasteiger partial charge is 0.412 e. The topological polar surface area (TPSA) is 77.5 Å². The first-order valence-corrected chi connectivity index (χ1v) is 11.5. The molecule has 34 heavy (non-hydrogen) atoms. The molecule has 0 aliphatic heterocycles. The predicted octanol–water partition coefficient (Wildman–Crippen LogP) is 6.03. The van der Waals surface area contributed by atoms with E-state index in [0.29, 0.717) is 12.2 Å². The summed E-state index contributed by atoms with van der Waals surface area (Å²) < 4.78 is 11.0. The molecular formula is C28H30N2O4. The van der Waals surface area contributed by atoms with Gasteiger partial charge in [-0.1, -0.05) is 54.6 Å². The number of fused-ring (bicyclic) bond motifs is 3. The summed E-state index contributed by atoms with van der Waals surface area (Å²) in [4.78, 5) is 29.3. The van der Waals surface area contributed by atoms with E-state index in [2.05, 4.69) is 34.6 Å².